The van der Waals surface area contributed by atoms with Gasteiger partial charge in [0.15, 0.2) is 5.82 Å². The first kappa shape index (κ1) is 8.49. The smallest absolute Gasteiger partial charge is 0.329 e. The summed E-state index contributed by atoms with van der Waals surface area (Å²) in [6.45, 7) is 1.33. The van der Waals surface area contributed by atoms with E-state index in [1.54, 1.807) is 18.6 Å². The van der Waals surface area contributed by atoms with E-state index in [4.69, 9.17) is 4.84 Å². The summed E-state index contributed by atoms with van der Waals surface area (Å²) in [6, 6.07) is 0. The highest BCUT2D eigenvalue weighted by molar-refractivity contribution is 5.66. The summed E-state index contributed by atoms with van der Waals surface area (Å²) in [6.07, 6.45) is 6.34. The second-order valence-electron chi connectivity index (χ2n) is 2.60. The predicted molar refractivity (Wildman–Crippen MR) is 47.1 cm³/mol. The molecule has 0 saturated carbocycles. The van der Waals surface area contributed by atoms with Crippen LogP contribution in [0.15, 0.2) is 24.8 Å². The molecule has 0 spiro atoms. The molecule has 1 N–H and O–H groups in total. The van der Waals surface area contributed by atoms with Crippen LogP contribution in [0.25, 0.3) is 11.6 Å². The summed E-state index contributed by atoms with van der Waals surface area (Å²) in [7, 11) is 0. The molecule has 6 nitrogen and oxygen atoms in total. The molecule has 0 fully saturated rings. The number of hydrogen-bond donors (Lipinski definition) is 1. The molecule has 0 aliphatic rings. The summed E-state index contributed by atoms with van der Waals surface area (Å²) in [5.74, 6) is 0.609. The molecular weight excluding hydrogens is 184 g/mol. The molecule has 0 amide bonds. The zero-order valence-corrected chi connectivity index (χ0v) is 7.47. The molecule has 2 aromatic heterocycles. The van der Waals surface area contributed by atoms with Crippen LogP contribution in [-0.2, 0) is 4.79 Å². The van der Waals surface area contributed by atoms with Crippen LogP contribution in [0, 0.1) is 0 Å². The van der Waals surface area contributed by atoms with Gasteiger partial charge in [-0.15, -0.1) is 0 Å². The van der Waals surface area contributed by atoms with Crippen LogP contribution < -0.4 is 4.84 Å². The highest BCUT2D eigenvalue weighted by Gasteiger charge is 2.09. The largest absolute Gasteiger partial charge is 0.342 e. The van der Waals surface area contributed by atoms with Gasteiger partial charge >= 0.3 is 5.97 Å². The van der Waals surface area contributed by atoms with E-state index in [0.29, 0.717) is 11.6 Å². The molecule has 0 saturated heterocycles. The SMILES string of the molecule is CC(=O)On1ccnc1-c1ncc[nH]1. The topological polar surface area (TPSA) is 72.8 Å². The standard InChI is InChI=1S/C8H8N4O2/c1-6(13)14-12-5-4-11-8(12)7-9-2-3-10-7/h2-5H,1H3,(H,9,10). The quantitative estimate of drug-likeness (QED) is 0.740. The van der Waals surface area contributed by atoms with E-state index in [1.807, 2.05) is 0 Å². The molecule has 0 radical (unpaired) electrons. The minimum absolute atomic E-state index is 0.407. The maximum Gasteiger partial charge on any atom is 0.329 e. The lowest BCUT2D eigenvalue weighted by molar-refractivity contribution is -0.141. The van der Waals surface area contributed by atoms with Gasteiger partial charge in [0.05, 0.1) is 6.20 Å². The number of nitrogens with one attached hydrogen (secondary N) is 1. The van der Waals surface area contributed by atoms with E-state index in [2.05, 4.69) is 15.0 Å². The molecule has 0 aliphatic heterocycles. The lowest BCUT2D eigenvalue weighted by Crippen LogP contribution is -2.16. The Balaban J connectivity index is 2.35. The van der Waals surface area contributed by atoms with Gasteiger partial charge in [0, 0.05) is 25.5 Å². The van der Waals surface area contributed by atoms with Crippen molar-refractivity contribution in [2.45, 2.75) is 6.92 Å². The van der Waals surface area contributed by atoms with E-state index in [9.17, 15) is 4.79 Å². The molecule has 14 heavy (non-hydrogen) atoms. The second-order valence-corrected chi connectivity index (χ2v) is 2.60. The third kappa shape index (κ3) is 1.49. The minimum atomic E-state index is -0.407. The van der Waals surface area contributed by atoms with Gasteiger partial charge < -0.3 is 9.82 Å². The number of carbonyl (C=O) groups excluding carboxylic acids is 1. The van der Waals surface area contributed by atoms with E-state index in [-0.39, 0.29) is 0 Å². The third-order valence-corrected chi connectivity index (χ3v) is 1.54. The Morgan fingerprint density at radius 2 is 2.36 bits per heavy atom. The van der Waals surface area contributed by atoms with Gasteiger partial charge in [0.25, 0.3) is 0 Å². The fraction of sp³-hybridized carbons (Fsp3) is 0.125. The second kappa shape index (κ2) is 3.33. The van der Waals surface area contributed by atoms with Crippen LogP contribution in [0.4, 0.5) is 0 Å². The molecule has 6 heteroatoms. The molecule has 0 bridgehead atoms. The Morgan fingerprint density at radius 3 is 3.00 bits per heavy atom. The van der Waals surface area contributed by atoms with Crippen molar-refractivity contribution >= 4 is 5.97 Å². The van der Waals surface area contributed by atoms with Gasteiger partial charge in [0.1, 0.15) is 0 Å². The molecule has 0 unspecified atom stereocenters. The van der Waals surface area contributed by atoms with Gasteiger partial charge in [-0.25, -0.2) is 14.8 Å². The van der Waals surface area contributed by atoms with Gasteiger partial charge in [-0.3, -0.25) is 0 Å². The Kier molecular flexibility index (Phi) is 2.02. The van der Waals surface area contributed by atoms with Crippen LogP contribution in [-0.4, -0.2) is 25.7 Å². The summed E-state index contributed by atoms with van der Waals surface area (Å²) >= 11 is 0. The molecule has 0 aliphatic carbocycles. The molecule has 2 heterocycles. The van der Waals surface area contributed by atoms with Gasteiger partial charge in [0.2, 0.25) is 5.82 Å². The highest BCUT2D eigenvalue weighted by Crippen LogP contribution is 2.09. The maximum atomic E-state index is 10.7. The van der Waals surface area contributed by atoms with Crippen molar-refractivity contribution in [2.75, 3.05) is 0 Å². The van der Waals surface area contributed by atoms with Crippen LogP contribution in [0.2, 0.25) is 0 Å². The maximum absolute atomic E-state index is 10.7. The zero-order chi connectivity index (χ0) is 9.97. The Hall–Kier alpha value is -2.11. The first-order chi connectivity index (χ1) is 6.77. The number of hydrogen-bond acceptors (Lipinski definition) is 4. The molecule has 0 aromatic carbocycles. The van der Waals surface area contributed by atoms with Gasteiger partial charge in [-0.1, -0.05) is 0 Å². The van der Waals surface area contributed by atoms with Crippen molar-refractivity contribution in [1.82, 2.24) is 19.7 Å². The first-order valence-electron chi connectivity index (χ1n) is 3.99. The number of H-pyrrole nitrogens is 1. The van der Waals surface area contributed by atoms with E-state index in [0.717, 1.165) is 0 Å². The van der Waals surface area contributed by atoms with E-state index in [1.165, 1.54) is 17.9 Å². The Labute approximate surface area is 79.5 Å². The number of imidazole rings is 2. The van der Waals surface area contributed by atoms with Crippen molar-refractivity contribution in [3.63, 3.8) is 0 Å². The number of aromatic nitrogens is 4. The molecule has 72 valence electrons. The highest BCUT2D eigenvalue weighted by atomic mass is 16.7. The fourth-order valence-electron chi connectivity index (χ4n) is 1.06. The number of carbonyl (C=O) groups is 1. The Bertz CT molecular complexity index is 432. The van der Waals surface area contributed by atoms with E-state index < -0.39 is 5.97 Å². The lowest BCUT2D eigenvalue weighted by Gasteiger charge is -2.02. The molecule has 2 rings (SSSR count). The average Bonchev–Trinajstić information content (AvgIpc) is 2.70. The summed E-state index contributed by atoms with van der Waals surface area (Å²) < 4.78 is 1.27. The number of nitrogens with zero attached hydrogens (tertiary/aromatic N) is 3. The van der Waals surface area contributed by atoms with Crippen molar-refractivity contribution in [3.8, 4) is 11.6 Å². The minimum Gasteiger partial charge on any atom is -0.342 e. The monoisotopic (exact) mass is 192 g/mol. The van der Waals surface area contributed by atoms with Crippen LogP contribution >= 0.6 is 0 Å². The first-order valence-corrected chi connectivity index (χ1v) is 3.99. The zero-order valence-electron chi connectivity index (χ0n) is 7.47. The number of rotatable bonds is 2. The third-order valence-electron chi connectivity index (χ3n) is 1.54. The van der Waals surface area contributed by atoms with Crippen LogP contribution in [0.5, 0.6) is 0 Å². The average molecular weight is 192 g/mol. The number of aromatic amines is 1. The van der Waals surface area contributed by atoms with Crippen molar-refractivity contribution in [2.24, 2.45) is 0 Å². The van der Waals surface area contributed by atoms with Crippen LogP contribution in [0.3, 0.4) is 0 Å². The molecular formula is C8H8N4O2. The van der Waals surface area contributed by atoms with Gasteiger partial charge in [-0.05, 0) is 0 Å². The van der Waals surface area contributed by atoms with Crippen molar-refractivity contribution in [1.29, 1.82) is 0 Å². The summed E-state index contributed by atoms with van der Waals surface area (Å²) in [5.41, 5.74) is 0. The van der Waals surface area contributed by atoms with Crippen molar-refractivity contribution in [3.05, 3.63) is 24.8 Å². The van der Waals surface area contributed by atoms with Crippen molar-refractivity contribution < 1.29 is 9.63 Å². The summed E-state index contributed by atoms with van der Waals surface area (Å²) in [4.78, 5) is 26.5. The molecule has 0 atom stereocenters. The van der Waals surface area contributed by atoms with E-state index >= 15 is 0 Å². The summed E-state index contributed by atoms with van der Waals surface area (Å²) in [5, 5.41) is 0. The molecule has 2 aromatic rings. The van der Waals surface area contributed by atoms with Gasteiger partial charge in [-0.2, -0.15) is 4.73 Å². The lowest BCUT2D eigenvalue weighted by atomic mass is 10.6. The fourth-order valence-corrected chi connectivity index (χ4v) is 1.06. The normalized spacial score (nSPS) is 10.1. The van der Waals surface area contributed by atoms with Crippen LogP contribution in [0.1, 0.15) is 6.92 Å². The predicted octanol–water partition coefficient (Wildman–Crippen LogP) is 0.248. The Morgan fingerprint density at radius 1 is 1.50 bits per heavy atom.